The minimum absolute atomic E-state index is 0.241. The van der Waals surface area contributed by atoms with Gasteiger partial charge in [0, 0.05) is 20.2 Å². The van der Waals surface area contributed by atoms with E-state index in [4.69, 9.17) is 22.4 Å². The van der Waals surface area contributed by atoms with Crippen molar-refractivity contribution < 1.29 is 5.11 Å². The summed E-state index contributed by atoms with van der Waals surface area (Å²) in [6, 6.07) is 0. The number of aliphatic hydroxyl groups is 1. The summed E-state index contributed by atoms with van der Waals surface area (Å²) in [5.41, 5.74) is 5.59. The van der Waals surface area contributed by atoms with Crippen LogP contribution in [0.4, 0.5) is 11.6 Å². The Morgan fingerprint density at radius 2 is 2.12 bits per heavy atom. The zero-order valence-corrected chi connectivity index (χ0v) is 10.1. The van der Waals surface area contributed by atoms with Crippen LogP contribution < -0.4 is 10.6 Å². The molecule has 0 aliphatic heterocycles. The van der Waals surface area contributed by atoms with Gasteiger partial charge >= 0.3 is 0 Å². The Bertz CT molecular complexity index is 335. The smallest absolute Gasteiger partial charge is 0.152 e. The lowest BCUT2D eigenvalue weighted by Gasteiger charge is -2.19. The summed E-state index contributed by atoms with van der Waals surface area (Å²) in [5, 5.41) is 9.05. The van der Waals surface area contributed by atoms with Crippen LogP contribution in [0.15, 0.2) is 6.33 Å². The molecular weight excluding hydrogens is 228 g/mol. The maximum atomic E-state index is 8.66. The second-order valence-corrected chi connectivity index (χ2v) is 3.98. The maximum Gasteiger partial charge on any atom is 0.152 e. The van der Waals surface area contributed by atoms with Crippen LogP contribution in [0.3, 0.4) is 0 Å². The molecule has 0 saturated heterocycles. The molecule has 0 spiro atoms. The van der Waals surface area contributed by atoms with E-state index in [0.29, 0.717) is 16.7 Å². The Labute approximate surface area is 100 Å². The first-order chi connectivity index (χ1) is 7.66. The maximum absolute atomic E-state index is 8.66. The molecule has 90 valence electrons. The third kappa shape index (κ3) is 3.50. The van der Waals surface area contributed by atoms with Gasteiger partial charge in [-0.05, 0) is 19.3 Å². The van der Waals surface area contributed by atoms with Crippen molar-refractivity contribution in [2.45, 2.75) is 19.3 Å². The highest BCUT2D eigenvalue weighted by Crippen LogP contribution is 2.25. The van der Waals surface area contributed by atoms with Crippen LogP contribution >= 0.6 is 11.6 Å². The van der Waals surface area contributed by atoms with E-state index >= 15 is 0 Å². The Morgan fingerprint density at radius 1 is 1.38 bits per heavy atom. The average molecular weight is 245 g/mol. The van der Waals surface area contributed by atoms with Crippen molar-refractivity contribution in [3.63, 3.8) is 0 Å². The summed E-state index contributed by atoms with van der Waals surface area (Å²) >= 11 is 6.00. The van der Waals surface area contributed by atoms with E-state index in [0.717, 1.165) is 25.8 Å². The molecule has 0 aliphatic carbocycles. The first-order valence-electron chi connectivity index (χ1n) is 5.24. The number of nitrogens with zero attached hydrogens (tertiary/aromatic N) is 3. The highest BCUT2D eigenvalue weighted by molar-refractivity contribution is 6.35. The van der Waals surface area contributed by atoms with Crippen molar-refractivity contribution in [2.75, 3.05) is 30.8 Å². The third-order valence-corrected chi connectivity index (χ3v) is 2.67. The average Bonchev–Trinajstić information content (AvgIpc) is 2.28. The zero-order chi connectivity index (χ0) is 12.0. The Morgan fingerprint density at radius 3 is 2.81 bits per heavy atom. The fourth-order valence-corrected chi connectivity index (χ4v) is 1.63. The molecule has 1 aromatic heterocycles. The minimum Gasteiger partial charge on any atom is -0.396 e. The van der Waals surface area contributed by atoms with Crippen molar-refractivity contribution >= 4 is 23.2 Å². The van der Waals surface area contributed by atoms with Gasteiger partial charge < -0.3 is 15.7 Å². The molecule has 0 aliphatic rings. The monoisotopic (exact) mass is 244 g/mol. The summed E-state index contributed by atoms with van der Waals surface area (Å²) in [6.07, 6.45) is 4.20. The standard InChI is InChI=1S/C10H17ClN4O/c1-15(5-3-2-4-6-16)10-8(11)9(12)13-7-14-10/h7,16H,2-6H2,1H3,(H2,12,13,14). The molecule has 0 unspecified atom stereocenters. The normalized spacial score (nSPS) is 10.4. The summed E-state index contributed by atoms with van der Waals surface area (Å²) in [7, 11) is 1.91. The van der Waals surface area contributed by atoms with Crippen LogP contribution in [0.25, 0.3) is 0 Å². The van der Waals surface area contributed by atoms with Gasteiger partial charge in [-0.15, -0.1) is 0 Å². The number of nitrogens with two attached hydrogens (primary N) is 1. The van der Waals surface area contributed by atoms with E-state index in [1.807, 2.05) is 11.9 Å². The molecule has 0 radical (unpaired) electrons. The van der Waals surface area contributed by atoms with Gasteiger partial charge in [-0.3, -0.25) is 0 Å². The van der Waals surface area contributed by atoms with E-state index in [-0.39, 0.29) is 6.61 Å². The summed E-state index contributed by atoms with van der Waals surface area (Å²) < 4.78 is 0. The molecule has 0 aromatic carbocycles. The van der Waals surface area contributed by atoms with E-state index < -0.39 is 0 Å². The molecule has 5 nitrogen and oxygen atoms in total. The van der Waals surface area contributed by atoms with Gasteiger partial charge in [0.2, 0.25) is 0 Å². The van der Waals surface area contributed by atoms with Crippen molar-refractivity contribution in [3.05, 3.63) is 11.3 Å². The molecule has 0 bridgehead atoms. The Kier molecular flexibility index (Phi) is 5.28. The first-order valence-corrected chi connectivity index (χ1v) is 5.62. The lowest BCUT2D eigenvalue weighted by Crippen LogP contribution is -2.20. The van der Waals surface area contributed by atoms with Crippen LogP contribution in [-0.2, 0) is 0 Å². The number of halogens is 1. The zero-order valence-electron chi connectivity index (χ0n) is 9.36. The number of anilines is 2. The van der Waals surface area contributed by atoms with Gasteiger partial charge in [0.05, 0.1) is 0 Å². The number of nitrogen functional groups attached to an aromatic ring is 1. The highest BCUT2D eigenvalue weighted by Gasteiger charge is 2.10. The summed E-state index contributed by atoms with van der Waals surface area (Å²) in [6.45, 7) is 1.07. The van der Waals surface area contributed by atoms with Gasteiger partial charge in [0.1, 0.15) is 17.2 Å². The fraction of sp³-hybridized carbons (Fsp3) is 0.600. The van der Waals surface area contributed by atoms with E-state index in [9.17, 15) is 0 Å². The second-order valence-electron chi connectivity index (χ2n) is 3.60. The molecule has 1 rings (SSSR count). The number of aromatic nitrogens is 2. The highest BCUT2D eigenvalue weighted by atomic mass is 35.5. The van der Waals surface area contributed by atoms with Gasteiger partial charge in [-0.1, -0.05) is 11.6 Å². The molecule has 0 saturated carbocycles. The molecule has 3 N–H and O–H groups in total. The largest absolute Gasteiger partial charge is 0.396 e. The topological polar surface area (TPSA) is 75.3 Å². The molecule has 0 fully saturated rings. The van der Waals surface area contributed by atoms with Gasteiger partial charge in [-0.25, -0.2) is 9.97 Å². The van der Waals surface area contributed by atoms with Crippen molar-refractivity contribution in [1.82, 2.24) is 9.97 Å². The van der Waals surface area contributed by atoms with E-state index in [1.54, 1.807) is 0 Å². The van der Waals surface area contributed by atoms with Crippen molar-refractivity contribution in [1.29, 1.82) is 0 Å². The second kappa shape index (κ2) is 6.50. The van der Waals surface area contributed by atoms with Crippen LogP contribution in [0.2, 0.25) is 5.02 Å². The van der Waals surface area contributed by atoms with Gasteiger partial charge in [0.15, 0.2) is 5.82 Å². The summed E-state index contributed by atoms with van der Waals surface area (Å²) in [5.74, 6) is 0.951. The quantitative estimate of drug-likeness (QED) is 0.738. The summed E-state index contributed by atoms with van der Waals surface area (Å²) in [4.78, 5) is 9.84. The van der Waals surface area contributed by atoms with Crippen LogP contribution in [0, 0.1) is 0 Å². The SMILES string of the molecule is CN(CCCCCO)c1ncnc(N)c1Cl. The number of hydrogen-bond acceptors (Lipinski definition) is 5. The third-order valence-electron chi connectivity index (χ3n) is 2.31. The lowest BCUT2D eigenvalue weighted by molar-refractivity contribution is 0.283. The molecule has 1 aromatic rings. The Balaban J connectivity index is 2.52. The molecule has 1 heterocycles. The first kappa shape index (κ1) is 13.0. The van der Waals surface area contributed by atoms with Crippen LogP contribution in [-0.4, -0.2) is 35.3 Å². The Hall–Kier alpha value is -1.07. The fourth-order valence-electron chi connectivity index (χ4n) is 1.38. The molecule has 0 amide bonds. The van der Waals surface area contributed by atoms with E-state index in [2.05, 4.69) is 9.97 Å². The van der Waals surface area contributed by atoms with Crippen LogP contribution in [0.1, 0.15) is 19.3 Å². The molecule has 16 heavy (non-hydrogen) atoms. The predicted molar refractivity (Wildman–Crippen MR) is 65.7 cm³/mol. The van der Waals surface area contributed by atoms with Crippen LogP contribution in [0.5, 0.6) is 0 Å². The van der Waals surface area contributed by atoms with E-state index in [1.165, 1.54) is 6.33 Å². The number of hydrogen-bond donors (Lipinski definition) is 2. The molecular formula is C10H17ClN4O. The number of aliphatic hydroxyl groups excluding tert-OH is 1. The molecule has 6 heteroatoms. The van der Waals surface area contributed by atoms with Crippen molar-refractivity contribution in [3.8, 4) is 0 Å². The lowest BCUT2D eigenvalue weighted by atomic mass is 10.2. The van der Waals surface area contributed by atoms with Gasteiger partial charge in [-0.2, -0.15) is 0 Å². The molecule has 0 atom stereocenters. The minimum atomic E-state index is 0.241. The van der Waals surface area contributed by atoms with Crippen molar-refractivity contribution in [2.24, 2.45) is 0 Å². The van der Waals surface area contributed by atoms with Gasteiger partial charge in [0.25, 0.3) is 0 Å². The predicted octanol–water partition coefficient (Wildman–Crippen LogP) is 1.31. The number of unbranched alkanes of at least 4 members (excludes halogenated alkanes) is 2. The number of rotatable bonds is 6.